The molecule has 1 aromatic heterocycles. The zero-order valence-corrected chi connectivity index (χ0v) is 18.4. The normalized spacial score (nSPS) is 11.7. The molecule has 9 heteroatoms. The van der Waals surface area contributed by atoms with Crippen LogP contribution in [0.3, 0.4) is 0 Å². The summed E-state index contributed by atoms with van der Waals surface area (Å²) in [6.45, 7) is 6.32. The monoisotopic (exact) mass is 441 g/mol. The van der Waals surface area contributed by atoms with Crippen molar-refractivity contribution in [2.45, 2.75) is 38.5 Å². The summed E-state index contributed by atoms with van der Waals surface area (Å²) in [6, 6.07) is 12.6. The van der Waals surface area contributed by atoms with Crippen molar-refractivity contribution in [3.05, 3.63) is 71.3 Å². The summed E-state index contributed by atoms with van der Waals surface area (Å²) in [5.41, 5.74) is 2.12. The number of thioether (sulfide) groups is 1. The van der Waals surface area contributed by atoms with Crippen molar-refractivity contribution >= 4 is 29.3 Å². The molecular weight excluding hydrogens is 417 g/mol. The molecule has 162 valence electrons. The van der Waals surface area contributed by atoms with E-state index < -0.39 is 0 Å². The fourth-order valence-corrected chi connectivity index (χ4v) is 3.82. The van der Waals surface area contributed by atoms with Gasteiger partial charge in [-0.3, -0.25) is 9.59 Å². The van der Waals surface area contributed by atoms with Crippen molar-refractivity contribution in [3.63, 3.8) is 0 Å². The van der Waals surface area contributed by atoms with Gasteiger partial charge < -0.3 is 15.2 Å². The third-order valence-electron chi connectivity index (χ3n) is 4.54. The number of aromatic nitrogens is 3. The van der Waals surface area contributed by atoms with Crippen molar-refractivity contribution in [2.75, 3.05) is 11.1 Å². The molecule has 3 rings (SSSR count). The maximum Gasteiger partial charge on any atom is 0.251 e. The van der Waals surface area contributed by atoms with E-state index >= 15 is 0 Å². The lowest BCUT2D eigenvalue weighted by molar-refractivity contribution is -0.113. The maximum atomic E-state index is 13.0. The second-order valence-corrected chi connectivity index (χ2v) is 7.94. The lowest BCUT2D eigenvalue weighted by atomic mass is 10.1. The minimum Gasteiger partial charge on any atom is -0.342 e. The molecule has 0 spiro atoms. The first-order chi connectivity index (χ1) is 14.9. The Hall–Kier alpha value is -3.20. The molecule has 0 unspecified atom stereocenters. The van der Waals surface area contributed by atoms with Gasteiger partial charge in [-0.05, 0) is 57.2 Å². The molecule has 7 nitrogen and oxygen atoms in total. The zero-order chi connectivity index (χ0) is 22.4. The summed E-state index contributed by atoms with van der Waals surface area (Å²) in [6.07, 6.45) is 0. The molecule has 2 amide bonds. The first-order valence-electron chi connectivity index (χ1n) is 9.86. The van der Waals surface area contributed by atoms with Gasteiger partial charge in [0, 0.05) is 17.8 Å². The van der Waals surface area contributed by atoms with E-state index in [2.05, 4.69) is 20.8 Å². The fourth-order valence-electron chi connectivity index (χ4n) is 3.02. The number of carbonyl (C=O) groups excluding carboxylic acids is 2. The molecule has 1 heterocycles. The number of aryl methyl sites for hydroxylation is 1. The van der Waals surface area contributed by atoms with Crippen molar-refractivity contribution in [1.82, 2.24) is 20.1 Å². The summed E-state index contributed by atoms with van der Waals surface area (Å²) in [7, 11) is 0. The predicted molar refractivity (Wildman–Crippen MR) is 119 cm³/mol. The summed E-state index contributed by atoms with van der Waals surface area (Å²) in [5, 5.41) is 14.7. The molecule has 3 aromatic rings. The number of benzene rings is 2. The van der Waals surface area contributed by atoms with Crippen molar-refractivity contribution in [3.8, 4) is 0 Å². The highest BCUT2D eigenvalue weighted by Gasteiger charge is 2.20. The third-order valence-corrected chi connectivity index (χ3v) is 5.50. The van der Waals surface area contributed by atoms with E-state index in [1.807, 2.05) is 43.5 Å². The minimum atomic E-state index is -0.362. The van der Waals surface area contributed by atoms with Crippen LogP contribution in [0.5, 0.6) is 0 Å². The number of nitrogens with one attached hydrogen (secondary N) is 2. The number of halogens is 1. The van der Waals surface area contributed by atoms with Crippen LogP contribution in [0.1, 0.15) is 41.6 Å². The van der Waals surface area contributed by atoms with Crippen molar-refractivity contribution in [1.29, 1.82) is 0 Å². The molecule has 0 aliphatic heterocycles. The maximum absolute atomic E-state index is 13.0. The highest BCUT2D eigenvalue weighted by molar-refractivity contribution is 7.99. The summed E-state index contributed by atoms with van der Waals surface area (Å²) < 4.78 is 14.8. The molecule has 0 saturated heterocycles. The Bertz CT molecular complexity index is 1070. The summed E-state index contributed by atoms with van der Waals surface area (Å²) >= 11 is 1.25. The number of hydrogen-bond donors (Lipinski definition) is 2. The lowest BCUT2D eigenvalue weighted by Crippen LogP contribution is -2.28. The molecule has 2 N–H and O–H groups in total. The van der Waals surface area contributed by atoms with Crippen molar-refractivity contribution in [2.24, 2.45) is 0 Å². The Balaban J connectivity index is 1.62. The van der Waals surface area contributed by atoms with Gasteiger partial charge in [-0.1, -0.05) is 29.5 Å². The molecule has 0 bridgehead atoms. The van der Waals surface area contributed by atoms with Gasteiger partial charge >= 0.3 is 0 Å². The van der Waals surface area contributed by atoms with Crippen LogP contribution in [0, 0.1) is 12.7 Å². The van der Waals surface area contributed by atoms with E-state index in [4.69, 9.17) is 0 Å². The number of nitrogens with zero attached hydrogens (tertiary/aromatic N) is 3. The largest absolute Gasteiger partial charge is 0.342 e. The number of amides is 2. The van der Waals surface area contributed by atoms with E-state index in [9.17, 15) is 14.0 Å². The first kappa shape index (κ1) is 22.5. The van der Waals surface area contributed by atoms with E-state index in [1.54, 1.807) is 6.07 Å². The lowest BCUT2D eigenvalue weighted by Gasteiger charge is -2.15. The molecule has 0 aliphatic carbocycles. The Kier molecular flexibility index (Phi) is 7.41. The van der Waals surface area contributed by atoms with Crippen molar-refractivity contribution < 1.29 is 14.0 Å². The van der Waals surface area contributed by atoms with Gasteiger partial charge in [0.25, 0.3) is 5.91 Å². The standard InChI is InChI=1S/C22H24FN5O2S/c1-4-28-20(15(3)24-21(30)16-7-5-6-14(2)12-16)26-27-22(28)31-13-19(29)25-18-10-8-17(23)9-11-18/h5-12,15H,4,13H2,1-3H3,(H,24,30)(H,25,29)/t15-/m1/s1. The van der Waals surface area contributed by atoms with Crippen LogP contribution >= 0.6 is 11.8 Å². The first-order valence-corrected chi connectivity index (χ1v) is 10.8. The summed E-state index contributed by atoms with van der Waals surface area (Å²) in [4.78, 5) is 24.7. The van der Waals surface area contributed by atoms with Crippen LogP contribution in [0.4, 0.5) is 10.1 Å². The number of hydrogen-bond acceptors (Lipinski definition) is 5. The van der Waals surface area contributed by atoms with Crippen LogP contribution in [0.15, 0.2) is 53.7 Å². The topological polar surface area (TPSA) is 88.9 Å². The average molecular weight is 442 g/mol. The van der Waals surface area contributed by atoms with Crippen LogP contribution in [0.25, 0.3) is 0 Å². The molecule has 0 aliphatic rings. The van der Waals surface area contributed by atoms with Gasteiger partial charge in [-0.25, -0.2) is 4.39 Å². The van der Waals surface area contributed by atoms with Gasteiger partial charge in [0.2, 0.25) is 5.91 Å². The van der Waals surface area contributed by atoms with E-state index in [1.165, 1.54) is 36.0 Å². The molecule has 2 aromatic carbocycles. The quantitative estimate of drug-likeness (QED) is 0.517. The molecule has 31 heavy (non-hydrogen) atoms. The van der Waals surface area contributed by atoms with Crippen LogP contribution < -0.4 is 10.6 Å². The fraction of sp³-hybridized carbons (Fsp3) is 0.273. The Morgan fingerprint density at radius 2 is 1.90 bits per heavy atom. The third kappa shape index (κ3) is 5.91. The second-order valence-electron chi connectivity index (χ2n) is 6.99. The predicted octanol–water partition coefficient (Wildman–Crippen LogP) is 3.97. The number of anilines is 1. The SMILES string of the molecule is CCn1c(SCC(=O)Nc2ccc(F)cc2)nnc1[C@@H](C)NC(=O)c1cccc(C)c1. The van der Waals surface area contributed by atoms with E-state index in [0.29, 0.717) is 28.8 Å². The highest BCUT2D eigenvalue weighted by atomic mass is 32.2. The van der Waals surface area contributed by atoms with E-state index in [-0.39, 0.29) is 29.4 Å². The Morgan fingerprint density at radius 1 is 1.16 bits per heavy atom. The van der Waals surface area contributed by atoms with E-state index in [0.717, 1.165) is 5.56 Å². The van der Waals surface area contributed by atoms with Gasteiger partial charge in [-0.15, -0.1) is 10.2 Å². The average Bonchev–Trinajstić information content (AvgIpc) is 3.17. The highest BCUT2D eigenvalue weighted by Crippen LogP contribution is 2.21. The van der Waals surface area contributed by atoms with Crippen LogP contribution in [-0.4, -0.2) is 32.3 Å². The minimum absolute atomic E-state index is 0.125. The molecular formula is C22H24FN5O2S. The molecule has 1 atom stereocenters. The Labute approximate surface area is 184 Å². The zero-order valence-electron chi connectivity index (χ0n) is 17.6. The van der Waals surface area contributed by atoms with Crippen LogP contribution in [0.2, 0.25) is 0 Å². The molecule has 0 radical (unpaired) electrons. The Morgan fingerprint density at radius 3 is 2.58 bits per heavy atom. The van der Waals surface area contributed by atoms with Gasteiger partial charge in [0.05, 0.1) is 11.8 Å². The number of rotatable bonds is 8. The number of carbonyl (C=O) groups is 2. The van der Waals surface area contributed by atoms with Gasteiger partial charge in [0.15, 0.2) is 11.0 Å². The molecule has 0 saturated carbocycles. The summed E-state index contributed by atoms with van der Waals surface area (Å²) in [5.74, 6) is -0.0386. The van der Waals surface area contributed by atoms with Crippen LogP contribution in [-0.2, 0) is 11.3 Å². The van der Waals surface area contributed by atoms with Gasteiger partial charge in [-0.2, -0.15) is 0 Å². The van der Waals surface area contributed by atoms with Gasteiger partial charge in [0.1, 0.15) is 5.82 Å². The molecule has 0 fully saturated rings. The smallest absolute Gasteiger partial charge is 0.251 e. The second kappa shape index (κ2) is 10.2.